The van der Waals surface area contributed by atoms with Crippen LogP contribution in [-0.2, 0) is 11.3 Å². The van der Waals surface area contributed by atoms with E-state index in [1.165, 1.54) is 37.4 Å². The average Bonchev–Trinajstić information content (AvgIpc) is 3.55. The normalized spacial score (nSPS) is 22.4. The summed E-state index contributed by atoms with van der Waals surface area (Å²) in [5, 5.41) is 13.6. The SMILES string of the molecule is C[C@H](NC(=O)CSc1nnc(-c2ccc(Cl)cc2)n1Cc1ccccc1)[C@@H]1C[C@H]2CC[C@H]1C2. The zero-order valence-electron chi connectivity index (χ0n) is 18.8. The van der Waals surface area contributed by atoms with E-state index in [1.807, 2.05) is 42.5 Å². The first kappa shape index (κ1) is 22.5. The van der Waals surface area contributed by atoms with E-state index in [1.54, 1.807) is 0 Å². The molecule has 2 saturated carbocycles. The molecular formula is C26H29ClN4OS. The van der Waals surface area contributed by atoms with Gasteiger partial charge in [0.15, 0.2) is 11.0 Å². The molecule has 5 rings (SSSR count). The molecule has 0 spiro atoms. The van der Waals surface area contributed by atoms with Crippen molar-refractivity contribution in [2.75, 3.05) is 5.75 Å². The van der Waals surface area contributed by atoms with Crippen molar-refractivity contribution in [2.24, 2.45) is 17.8 Å². The number of nitrogens with zero attached hydrogens (tertiary/aromatic N) is 3. The molecule has 1 heterocycles. The van der Waals surface area contributed by atoms with Crippen molar-refractivity contribution in [3.63, 3.8) is 0 Å². The fourth-order valence-corrected chi connectivity index (χ4v) is 6.43. The molecule has 0 radical (unpaired) electrons. The molecule has 3 aromatic rings. The molecule has 2 aromatic carbocycles. The quantitative estimate of drug-likeness (QED) is 0.421. The maximum absolute atomic E-state index is 12.8. The largest absolute Gasteiger partial charge is 0.353 e. The summed E-state index contributed by atoms with van der Waals surface area (Å²) in [4.78, 5) is 12.8. The Balaban J connectivity index is 1.28. The zero-order valence-corrected chi connectivity index (χ0v) is 20.4. The smallest absolute Gasteiger partial charge is 0.230 e. The molecule has 33 heavy (non-hydrogen) atoms. The number of aromatic nitrogens is 3. The van der Waals surface area contributed by atoms with E-state index in [2.05, 4.69) is 39.1 Å². The summed E-state index contributed by atoms with van der Waals surface area (Å²) in [7, 11) is 0. The Kier molecular flexibility index (Phi) is 6.74. The van der Waals surface area contributed by atoms with Crippen LogP contribution in [0.4, 0.5) is 0 Å². The van der Waals surface area contributed by atoms with Gasteiger partial charge in [0.1, 0.15) is 0 Å². The molecule has 1 aromatic heterocycles. The van der Waals surface area contributed by atoms with E-state index >= 15 is 0 Å². The van der Waals surface area contributed by atoms with E-state index in [0.29, 0.717) is 23.2 Å². The van der Waals surface area contributed by atoms with Gasteiger partial charge in [-0.05, 0) is 73.8 Å². The second-order valence-corrected chi connectivity index (χ2v) is 10.7. The molecule has 5 nitrogen and oxygen atoms in total. The minimum Gasteiger partial charge on any atom is -0.353 e. The van der Waals surface area contributed by atoms with Gasteiger partial charge in [-0.25, -0.2) is 0 Å². The number of halogens is 1. The van der Waals surface area contributed by atoms with Crippen LogP contribution in [0.1, 0.15) is 38.2 Å². The van der Waals surface area contributed by atoms with Crippen molar-refractivity contribution in [1.82, 2.24) is 20.1 Å². The fraction of sp³-hybridized carbons (Fsp3) is 0.423. The molecule has 7 heteroatoms. The van der Waals surface area contributed by atoms with Crippen molar-refractivity contribution in [1.29, 1.82) is 0 Å². The van der Waals surface area contributed by atoms with Gasteiger partial charge < -0.3 is 5.32 Å². The number of amides is 1. The summed E-state index contributed by atoms with van der Waals surface area (Å²) < 4.78 is 2.08. The molecule has 0 saturated heterocycles. The number of nitrogens with one attached hydrogen (secondary N) is 1. The third kappa shape index (κ3) is 5.12. The predicted molar refractivity (Wildman–Crippen MR) is 133 cm³/mol. The van der Waals surface area contributed by atoms with Crippen LogP contribution in [0.15, 0.2) is 59.8 Å². The van der Waals surface area contributed by atoms with E-state index in [-0.39, 0.29) is 11.9 Å². The lowest BCUT2D eigenvalue weighted by atomic mass is 9.84. The lowest BCUT2D eigenvalue weighted by Gasteiger charge is -2.28. The first-order chi connectivity index (χ1) is 16.1. The van der Waals surface area contributed by atoms with Gasteiger partial charge in [-0.1, -0.05) is 60.1 Å². The van der Waals surface area contributed by atoms with E-state index < -0.39 is 0 Å². The molecule has 0 aliphatic heterocycles. The van der Waals surface area contributed by atoms with Crippen LogP contribution < -0.4 is 5.32 Å². The highest BCUT2D eigenvalue weighted by Crippen LogP contribution is 2.49. The summed E-state index contributed by atoms with van der Waals surface area (Å²) in [6.45, 7) is 2.81. The monoisotopic (exact) mass is 480 g/mol. The second-order valence-electron chi connectivity index (χ2n) is 9.37. The van der Waals surface area contributed by atoms with Gasteiger partial charge >= 0.3 is 0 Å². The first-order valence-electron chi connectivity index (χ1n) is 11.7. The van der Waals surface area contributed by atoms with Crippen molar-refractivity contribution >= 4 is 29.3 Å². The third-order valence-corrected chi connectivity index (χ3v) is 8.38. The van der Waals surface area contributed by atoms with Crippen LogP contribution in [0.25, 0.3) is 11.4 Å². The summed E-state index contributed by atoms with van der Waals surface area (Å²) in [6, 6.07) is 18.1. The molecule has 1 N–H and O–H groups in total. The maximum atomic E-state index is 12.8. The highest BCUT2D eigenvalue weighted by Gasteiger charge is 2.42. The molecule has 2 fully saturated rings. The Morgan fingerprint density at radius 2 is 1.91 bits per heavy atom. The van der Waals surface area contributed by atoms with Gasteiger partial charge in [0, 0.05) is 16.6 Å². The van der Waals surface area contributed by atoms with Crippen LogP contribution >= 0.6 is 23.4 Å². The van der Waals surface area contributed by atoms with Gasteiger partial charge in [0.05, 0.1) is 12.3 Å². The highest BCUT2D eigenvalue weighted by molar-refractivity contribution is 7.99. The van der Waals surface area contributed by atoms with Crippen LogP contribution in [0, 0.1) is 17.8 Å². The predicted octanol–water partition coefficient (Wildman–Crippen LogP) is 5.68. The van der Waals surface area contributed by atoms with Crippen molar-refractivity contribution in [3.05, 3.63) is 65.2 Å². The van der Waals surface area contributed by atoms with Crippen LogP contribution in [-0.4, -0.2) is 32.5 Å². The van der Waals surface area contributed by atoms with E-state index in [4.69, 9.17) is 11.6 Å². The number of hydrogen-bond acceptors (Lipinski definition) is 4. The van der Waals surface area contributed by atoms with Crippen molar-refractivity contribution < 1.29 is 4.79 Å². The molecule has 4 atom stereocenters. The standard InChI is InChI=1S/C26H29ClN4OS/c1-17(23-14-19-7-8-21(23)13-19)28-24(32)16-33-26-30-29-25(20-9-11-22(27)12-10-20)31(26)15-18-5-3-2-4-6-18/h2-6,9-12,17,19,21,23H,7-8,13-16H2,1H3,(H,28,32)/t17-,19-,21-,23-/m0/s1. The van der Waals surface area contributed by atoms with Gasteiger partial charge in [-0.2, -0.15) is 0 Å². The molecule has 172 valence electrons. The van der Waals surface area contributed by atoms with Crippen LogP contribution in [0.5, 0.6) is 0 Å². The van der Waals surface area contributed by atoms with Crippen LogP contribution in [0.3, 0.4) is 0 Å². The Hall–Kier alpha value is -2.31. The minimum atomic E-state index is 0.0672. The van der Waals surface area contributed by atoms with Crippen molar-refractivity contribution in [2.45, 2.75) is 50.4 Å². The average molecular weight is 481 g/mol. The lowest BCUT2D eigenvalue weighted by molar-refractivity contribution is -0.119. The molecule has 2 aliphatic rings. The molecule has 2 aliphatic carbocycles. The van der Waals surface area contributed by atoms with Gasteiger partial charge in [-0.15, -0.1) is 10.2 Å². The number of benzene rings is 2. The molecule has 1 amide bonds. The van der Waals surface area contributed by atoms with Gasteiger partial charge in [0.25, 0.3) is 0 Å². The lowest BCUT2D eigenvalue weighted by Crippen LogP contribution is -2.40. The molecular weight excluding hydrogens is 452 g/mol. The number of hydrogen-bond donors (Lipinski definition) is 1. The summed E-state index contributed by atoms with van der Waals surface area (Å²) in [6.07, 6.45) is 5.34. The second kappa shape index (κ2) is 9.90. The Labute approximate surface area is 204 Å². The molecule has 2 bridgehead atoms. The van der Waals surface area contributed by atoms with Gasteiger partial charge in [-0.3, -0.25) is 9.36 Å². The first-order valence-corrected chi connectivity index (χ1v) is 13.1. The number of carbonyl (C=O) groups is 1. The maximum Gasteiger partial charge on any atom is 0.230 e. The summed E-state index contributed by atoms with van der Waals surface area (Å²) in [5.74, 6) is 3.49. The van der Waals surface area contributed by atoms with Gasteiger partial charge in [0.2, 0.25) is 5.91 Å². The van der Waals surface area contributed by atoms with Crippen molar-refractivity contribution in [3.8, 4) is 11.4 Å². The number of carbonyl (C=O) groups excluding carboxylic acids is 1. The number of rotatable bonds is 8. The molecule has 0 unspecified atom stereocenters. The fourth-order valence-electron chi connectivity index (χ4n) is 5.56. The van der Waals surface area contributed by atoms with E-state index in [9.17, 15) is 4.79 Å². The third-order valence-electron chi connectivity index (χ3n) is 7.16. The number of thioether (sulfide) groups is 1. The topological polar surface area (TPSA) is 59.8 Å². The highest BCUT2D eigenvalue weighted by atomic mass is 35.5. The van der Waals surface area contributed by atoms with Crippen LogP contribution in [0.2, 0.25) is 5.02 Å². The minimum absolute atomic E-state index is 0.0672. The Bertz CT molecular complexity index is 1100. The number of fused-ring (bicyclic) bond motifs is 2. The van der Waals surface area contributed by atoms with E-state index in [0.717, 1.165) is 33.9 Å². The zero-order chi connectivity index (χ0) is 22.8. The summed E-state index contributed by atoms with van der Waals surface area (Å²) in [5.41, 5.74) is 2.10. The summed E-state index contributed by atoms with van der Waals surface area (Å²) >= 11 is 7.52. The Morgan fingerprint density at radius 3 is 2.61 bits per heavy atom. The Morgan fingerprint density at radius 1 is 1.12 bits per heavy atom.